The zero-order chi connectivity index (χ0) is 22.8. The van der Waals surface area contributed by atoms with Crippen molar-refractivity contribution in [3.05, 3.63) is 23.9 Å². The highest BCUT2D eigenvalue weighted by Crippen LogP contribution is 2.19. The van der Waals surface area contributed by atoms with Crippen molar-refractivity contribution in [1.82, 2.24) is 20.5 Å². The van der Waals surface area contributed by atoms with Gasteiger partial charge in [0.05, 0.1) is 18.3 Å². The fraction of sp³-hybridized carbons (Fsp3) is 0.636. The van der Waals surface area contributed by atoms with E-state index in [1.165, 1.54) is 0 Å². The van der Waals surface area contributed by atoms with E-state index in [1.54, 1.807) is 30.2 Å². The lowest BCUT2D eigenvalue weighted by molar-refractivity contribution is -0.143. The van der Waals surface area contributed by atoms with E-state index in [1.807, 2.05) is 4.90 Å². The Morgan fingerprint density at radius 2 is 2.03 bits per heavy atom. The fourth-order valence-electron chi connectivity index (χ4n) is 3.83. The van der Waals surface area contributed by atoms with Crippen molar-refractivity contribution >= 4 is 23.7 Å². The minimum atomic E-state index is -0.249. The van der Waals surface area contributed by atoms with Crippen LogP contribution in [0.2, 0.25) is 0 Å². The molecule has 0 spiro atoms. The molecule has 32 heavy (non-hydrogen) atoms. The third-order valence-electron chi connectivity index (χ3n) is 5.55. The van der Waals surface area contributed by atoms with Crippen LogP contribution < -0.4 is 15.5 Å². The van der Waals surface area contributed by atoms with Crippen molar-refractivity contribution < 1.29 is 23.9 Å². The summed E-state index contributed by atoms with van der Waals surface area (Å²) in [5.41, 5.74) is 0.530. The summed E-state index contributed by atoms with van der Waals surface area (Å²) in [5, 5.41) is 5.80. The summed E-state index contributed by atoms with van der Waals surface area (Å²) in [4.78, 5) is 44.7. The van der Waals surface area contributed by atoms with Crippen LogP contribution in [0.1, 0.15) is 43.0 Å². The molecule has 0 aliphatic carbocycles. The molecule has 1 atom stereocenters. The standard InChI is InChI=1S/C22H33N5O5/c1-2-31-19(28)8-4-10-24-22(30)27-13-11-26(12-14-27)20-18(7-3-9-23-20)21(29)25-16-17-6-5-15-32-17/h3,7,9,17H,2,4-6,8,10-16H2,1H3,(H,24,30)(H,25,29)/t17-/m0/s1. The molecule has 3 rings (SSSR count). The number of aromatic nitrogens is 1. The van der Waals surface area contributed by atoms with Gasteiger partial charge in [-0.2, -0.15) is 0 Å². The Balaban J connectivity index is 1.45. The molecule has 1 aromatic heterocycles. The van der Waals surface area contributed by atoms with Gasteiger partial charge in [0.2, 0.25) is 0 Å². The van der Waals surface area contributed by atoms with Gasteiger partial charge in [-0.15, -0.1) is 0 Å². The highest BCUT2D eigenvalue weighted by Gasteiger charge is 2.25. The van der Waals surface area contributed by atoms with Gasteiger partial charge in [0, 0.05) is 58.5 Å². The number of piperazine rings is 1. The van der Waals surface area contributed by atoms with Gasteiger partial charge in [-0.1, -0.05) is 0 Å². The fourth-order valence-corrected chi connectivity index (χ4v) is 3.83. The van der Waals surface area contributed by atoms with Gasteiger partial charge >= 0.3 is 12.0 Å². The minimum absolute atomic E-state index is 0.0819. The predicted octanol–water partition coefficient (Wildman–Crippen LogP) is 1.17. The molecule has 3 heterocycles. The maximum absolute atomic E-state index is 12.7. The first-order valence-corrected chi connectivity index (χ1v) is 11.4. The summed E-state index contributed by atoms with van der Waals surface area (Å²) in [7, 11) is 0. The summed E-state index contributed by atoms with van der Waals surface area (Å²) in [5.74, 6) is 0.221. The van der Waals surface area contributed by atoms with E-state index >= 15 is 0 Å². The van der Waals surface area contributed by atoms with Crippen LogP contribution in [0.5, 0.6) is 0 Å². The molecule has 2 N–H and O–H groups in total. The zero-order valence-corrected chi connectivity index (χ0v) is 18.7. The van der Waals surface area contributed by atoms with Crippen LogP contribution in [-0.4, -0.2) is 86.4 Å². The molecule has 3 amide bonds. The first kappa shape index (κ1) is 23.8. The largest absolute Gasteiger partial charge is 0.466 e. The molecule has 176 valence electrons. The third-order valence-corrected chi connectivity index (χ3v) is 5.55. The van der Waals surface area contributed by atoms with E-state index in [0.29, 0.717) is 70.1 Å². The van der Waals surface area contributed by atoms with Crippen LogP contribution in [-0.2, 0) is 14.3 Å². The zero-order valence-electron chi connectivity index (χ0n) is 18.7. The van der Waals surface area contributed by atoms with Gasteiger partial charge in [0.15, 0.2) is 0 Å². The van der Waals surface area contributed by atoms with Gasteiger partial charge in [-0.05, 0) is 38.3 Å². The van der Waals surface area contributed by atoms with Crippen molar-refractivity contribution in [3.63, 3.8) is 0 Å². The number of esters is 1. The van der Waals surface area contributed by atoms with Crippen LogP contribution in [0.3, 0.4) is 0 Å². The molecule has 0 aromatic carbocycles. The van der Waals surface area contributed by atoms with Crippen LogP contribution >= 0.6 is 0 Å². The van der Waals surface area contributed by atoms with E-state index in [-0.39, 0.29) is 24.0 Å². The Morgan fingerprint density at radius 1 is 1.22 bits per heavy atom. The number of pyridine rings is 1. The second-order valence-electron chi connectivity index (χ2n) is 7.83. The number of hydrogen-bond acceptors (Lipinski definition) is 7. The molecular formula is C22H33N5O5. The second-order valence-corrected chi connectivity index (χ2v) is 7.83. The normalized spacial score (nSPS) is 18.3. The number of carbonyl (C=O) groups is 3. The van der Waals surface area contributed by atoms with Crippen molar-refractivity contribution in [2.75, 3.05) is 57.4 Å². The Hall–Kier alpha value is -2.88. The van der Waals surface area contributed by atoms with Crippen molar-refractivity contribution in [1.29, 1.82) is 0 Å². The molecule has 0 unspecified atom stereocenters. The molecule has 0 saturated carbocycles. The lowest BCUT2D eigenvalue weighted by Gasteiger charge is -2.36. The van der Waals surface area contributed by atoms with Crippen molar-refractivity contribution in [3.8, 4) is 0 Å². The van der Waals surface area contributed by atoms with Gasteiger partial charge in [0.25, 0.3) is 5.91 Å². The van der Waals surface area contributed by atoms with Gasteiger partial charge in [-0.25, -0.2) is 9.78 Å². The molecule has 10 heteroatoms. The summed E-state index contributed by atoms with van der Waals surface area (Å²) >= 11 is 0. The number of urea groups is 1. The second kappa shape index (κ2) is 12.2. The van der Waals surface area contributed by atoms with Gasteiger partial charge in [0.1, 0.15) is 5.82 Å². The highest BCUT2D eigenvalue weighted by molar-refractivity contribution is 5.99. The summed E-state index contributed by atoms with van der Waals surface area (Å²) in [6.45, 7) is 6.02. The van der Waals surface area contributed by atoms with Crippen LogP contribution in [0.4, 0.5) is 10.6 Å². The maximum atomic E-state index is 12.7. The number of anilines is 1. The van der Waals surface area contributed by atoms with Crippen LogP contribution in [0.15, 0.2) is 18.3 Å². The summed E-state index contributed by atoms with van der Waals surface area (Å²) < 4.78 is 10.4. The maximum Gasteiger partial charge on any atom is 0.317 e. The molecule has 10 nitrogen and oxygen atoms in total. The minimum Gasteiger partial charge on any atom is -0.466 e. The first-order valence-electron chi connectivity index (χ1n) is 11.4. The summed E-state index contributed by atoms with van der Waals surface area (Å²) in [6.07, 6.45) is 4.59. The number of nitrogens with zero attached hydrogens (tertiary/aromatic N) is 3. The summed E-state index contributed by atoms with van der Waals surface area (Å²) in [6, 6.07) is 3.38. The predicted molar refractivity (Wildman–Crippen MR) is 119 cm³/mol. The van der Waals surface area contributed by atoms with Crippen LogP contribution in [0, 0.1) is 0 Å². The van der Waals surface area contributed by atoms with E-state index in [2.05, 4.69) is 15.6 Å². The SMILES string of the molecule is CCOC(=O)CCCNC(=O)N1CCN(c2ncccc2C(=O)NC[C@@H]2CCCO2)CC1. The third kappa shape index (κ3) is 6.81. The van der Waals surface area contributed by atoms with E-state index < -0.39 is 0 Å². The number of ether oxygens (including phenoxy) is 2. The van der Waals surface area contributed by atoms with Crippen molar-refractivity contribution in [2.45, 2.75) is 38.7 Å². The number of nitrogens with one attached hydrogen (secondary N) is 2. The number of carbonyl (C=O) groups excluding carboxylic acids is 3. The van der Waals surface area contributed by atoms with Crippen molar-refractivity contribution in [2.24, 2.45) is 0 Å². The molecule has 2 saturated heterocycles. The lowest BCUT2D eigenvalue weighted by Crippen LogP contribution is -2.52. The number of hydrogen-bond donors (Lipinski definition) is 2. The highest BCUT2D eigenvalue weighted by atomic mass is 16.5. The number of rotatable bonds is 9. The van der Waals surface area contributed by atoms with E-state index in [4.69, 9.17) is 9.47 Å². The van der Waals surface area contributed by atoms with E-state index in [0.717, 1.165) is 19.4 Å². The van der Waals surface area contributed by atoms with Gasteiger partial charge in [-0.3, -0.25) is 9.59 Å². The van der Waals surface area contributed by atoms with Crippen LogP contribution in [0.25, 0.3) is 0 Å². The smallest absolute Gasteiger partial charge is 0.317 e. The number of amides is 3. The molecule has 1 aromatic rings. The molecular weight excluding hydrogens is 414 g/mol. The Labute approximate surface area is 188 Å². The average molecular weight is 448 g/mol. The molecule has 0 radical (unpaired) electrons. The molecule has 2 aliphatic heterocycles. The molecule has 2 aliphatic rings. The Morgan fingerprint density at radius 3 is 2.75 bits per heavy atom. The Bertz CT molecular complexity index is 776. The Kier molecular flexibility index (Phi) is 9.09. The topological polar surface area (TPSA) is 113 Å². The molecule has 0 bridgehead atoms. The van der Waals surface area contributed by atoms with E-state index in [9.17, 15) is 14.4 Å². The van der Waals surface area contributed by atoms with Gasteiger partial charge < -0.3 is 29.9 Å². The average Bonchev–Trinajstić information content (AvgIpc) is 3.34. The molecule has 2 fully saturated rings. The monoisotopic (exact) mass is 447 g/mol. The lowest BCUT2D eigenvalue weighted by atomic mass is 10.2. The quantitative estimate of drug-likeness (QED) is 0.431. The first-order chi connectivity index (χ1) is 15.6.